The smallest absolute Gasteiger partial charge is 0.266 e. The number of fused-ring (bicyclic) bond motifs is 1. The predicted octanol–water partition coefficient (Wildman–Crippen LogP) is 8.80. The summed E-state index contributed by atoms with van der Waals surface area (Å²) in [6.07, 6.45) is 1.48. The Labute approximate surface area is 229 Å². The first-order chi connectivity index (χ1) is 16.9. The summed E-state index contributed by atoms with van der Waals surface area (Å²) in [6.45, 7) is 0.375. The van der Waals surface area contributed by atoms with E-state index in [-0.39, 0.29) is 5.57 Å². The average molecular weight is 631 g/mol. The molecule has 0 fully saturated rings. The number of anilines is 1. The highest BCUT2D eigenvalue weighted by Gasteiger charge is 2.14. The zero-order valence-corrected chi connectivity index (χ0v) is 22.7. The number of hydrogen-bond donors (Lipinski definition) is 1. The maximum absolute atomic E-state index is 12.7. The van der Waals surface area contributed by atoms with Crippen molar-refractivity contribution in [1.29, 1.82) is 5.26 Å². The minimum atomic E-state index is -0.597. The maximum Gasteiger partial charge on any atom is 0.266 e. The summed E-state index contributed by atoms with van der Waals surface area (Å²) < 4.78 is 7.46. The lowest BCUT2D eigenvalue weighted by Gasteiger charge is -2.13. The molecule has 4 aromatic rings. The van der Waals surface area contributed by atoms with Crippen molar-refractivity contribution in [3.8, 4) is 11.8 Å². The molecule has 35 heavy (non-hydrogen) atoms. The van der Waals surface area contributed by atoms with Crippen LogP contribution in [-0.4, -0.2) is 5.91 Å². The zero-order valence-electron chi connectivity index (χ0n) is 18.0. The van der Waals surface area contributed by atoms with Gasteiger partial charge in [-0.05, 0) is 90.2 Å². The van der Waals surface area contributed by atoms with E-state index in [2.05, 4.69) is 55.4 Å². The maximum atomic E-state index is 12.7. The molecule has 8 heteroatoms. The molecule has 0 aliphatic rings. The number of carbonyl (C=O) groups is 1. The first-order valence-electron chi connectivity index (χ1n) is 10.3. The van der Waals surface area contributed by atoms with Crippen LogP contribution in [0.1, 0.15) is 11.1 Å². The van der Waals surface area contributed by atoms with E-state index in [4.69, 9.17) is 27.9 Å². The Morgan fingerprint density at radius 2 is 1.71 bits per heavy atom. The van der Waals surface area contributed by atoms with E-state index >= 15 is 0 Å². The van der Waals surface area contributed by atoms with Crippen molar-refractivity contribution >= 4 is 83.5 Å². The second-order valence-electron chi connectivity index (χ2n) is 7.49. The van der Waals surface area contributed by atoms with E-state index < -0.39 is 5.91 Å². The summed E-state index contributed by atoms with van der Waals surface area (Å²) in [4.78, 5) is 12.7. The first-order valence-corrected chi connectivity index (χ1v) is 12.7. The van der Waals surface area contributed by atoms with Crippen LogP contribution >= 0.6 is 55.1 Å². The van der Waals surface area contributed by atoms with Crippen LogP contribution in [0.2, 0.25) is 10.0 Å². The topological polar surface area (TPSA) is 62.1 Å². The molecule has 0 bridgehead atoms. The van der Waals surface area contributed by atoms with Crippen molar-refractivity contribution in [2.45, 2.75) is 6.61 Å². The van der Waals surface area contributed by atoms with Gasteiger partial charge in [0.25, 0.3) is 5.91 Å². The van der Waals surface area contributed by atoms with Gasteiger partial charge in [-0.15, -0.1) is 0 Å². The van der Waals surface area contributed by atoms with Crippen molar-refractivity contribution in [2.75, 3.05) is 5.32 Å². The summed E-state index contributed by atoms with van der Waals surface area (Å²) in [5, 5.41) is 15.2. The molecule has 0 radical (unpaired) electrons. The molecule has 174 valence electrons. The van der Waals surface area contributed by atoms with Crippen molar-refractivity contribution in [1.82, 2.24) is 0 Å². The average Bonchev–Trinajstić information content (AvgIpc) is 2.84. The molecule has 4 rings (SSSR count). The Morgan fingerprint density at radius 3 is 2.46 bits per heavy atom. The molecule has 0 atom stereocenters. The highest BCUT2D eigenvalue weighted by molar-refractivity contribution is 9.11. The minimum Gasteiger partial charge on any atom is -0.487 e. The predicted molar refractivity (Wildman–Crippen MR) is 149 cm³/mol. The Hall–Kier alpha value is -2.82. The first kappa shape index (κ1) is 25.3. The Balaban J connectivity index is 1.54. The number of amides is 1. The van der Waals surface area contributed by atoms with Gasteiger partial charge < -0.3 is 10.1 Å². The number of halogens is 4. The summed E-state index contributed by atoms with van der Waals surface area (Å²) in [5.74, 6) is 0.0175. The van der Waals surface area contributed by atoms with Crippen molar-refractivity contribution in [3.63, 3.8) is 0 Å². The standard InChI is InChI=1S/C27H16Br2Cl2N2O2/c28-22-11-16(10-19(14-32)27(34)33-25-13-20(30)8-9-24(25)31)12-23(29)26(22)35-15-18-6-3-5-17-4-1-2-7-21(17)18/h1-13H,15H2,(H,33,34)/b19-10-. The number of rotatable bonds is 6. The van der Waals surface area contributed by atoms with E-state index in [9.17, 15) is 10.1 Å². The van der Waals surface area contributed by atoms with Gasteiger partial charge in [0, 0.05) is 5.02 Å². The molecule has 4 aromatic carbocycles. The molecule has 0 saturated heterocycles. The van der Waals surface area contributed by atoms with Gasteiger partial charge in [0.05, 0.1) is 19.7 Å². The van der Waals surface area contributed by atoms with Gasteiger partial charge in [-0.2, -0.15) is 5.26 Å². The summed E-state index contributed by atoms with van der Waals surface area (Å²) in [7, 11) is 0. The van der Waals surface area contributed by atoms with E-state index in [1.807, 2.05) is 30.3 Å². The molecule has 1 amide bonds. The van der Waals surface area contributed by atoms with E-state index in [0.717, 1.165) is 16.3 Å². The number of nitrogens with one attached hydrogen (secondary N) is 1. The molecule has 0 unspecified atom stereocenters. The Bertz CT molecular complexity index is 1480. The number of hydrogen-bond acceptors (Lipinski definition) is 3. The number of carbonyl (C=O) groups excluding carboxylic acids is 1. The molecule has 0 aromatic heterocycles. The molecular formula is C27H16Br2Cl2N2O2. The molecule has 4 nitrogen and oxygen atoms in total. The summed E-state index contributed by atoms with van der Waals surface area (Å²) in [5.41, 5.74) is 1.92. The molecule has 1 N–H and O–H groups in total. The van der Waals surface area contributed by atoms with Gasteiger partial charge in [0.2, 0.25) is 0 Å². The van der Waals surface area contributed by atoms with Crippen LogP contribution < -0.4 is 10.1 Å². The van der Waals surface area contributed by atoms with E-state index in [0.29, 0.717) is 42.6 Å². The normalized spacial score (nSPS) is 11.2. The quantitative estimate of drug-likeness (QED) is 0.171. The zero-order chi connectivity index (χ0) is 24.9. The van der Waals surface area contributed by atoms with Crippen molar-refractivity contribution < 1.29 is 9.53 Å². The van der Waals surface area contributed by atoms with Gasteiger partial charge in [0.15, 0.2) is 0 Å². The lowest BCUT2D eigenvalue weighted by Crippen LogP contribution is -2.13. The summed E-state index contributed by atoms with van der Waals surface area (Å²) >= 11 is 19.2. The molecule has 0 aliphatic carbocycles. The fourth-order valence-corrected chi connectivity index (χ4v) is 5.25. The van der Waals surface area contributed by atoms with Gasteiger partial charge in [-0.25, -0.2) is 0 Å². The molecule has 0 aliphatic heterocycles. The van der Waals surface area contributed by atoms with E-state index in [1.165, 1.54) is 12.1 Å². The largest absolute Gasteiger partial charge is 0.487 e. The van der Waals surface area contributed by atoms with Gasteiger partial charge in [-0.3, -0.25) is 4.79 Å². The fourth-order valence-electron chi connectivity index (χ4n) is 3.47. The van der Waals surface area contributed by atoms with Gasteiger partial charge in [-0.1, -0.05) is 65.7 Å². The van der Waals surface area contributed by atoms with Crippen LogP contribution in [0.15, 0.2) is 87.3 Å². The number of nitriles is 1. The SMILES string of the molecule is N#C/C(=C/c1cc(Br)c(OCc2cccc3ccccc23)c(Br)c1)C(=O)Nc1cc(Cl)ccc1Cl. The van der Waals surface area contributed by atoms with Crippen LogP contribution in [0.5, 0.6) is 5.75 Å². The number of nitrogens with zero attached hydrogens (tertiary/aromatic N) is 1. The molecule has 0 spiro atoms. The third-order valence-corrected chi connectivity index (χ3v) is 6.87. The molecule has 0 saturated carbocycles. The van der Waals surface area contributed by atoms with Crippen LogP contribution in [0, 0.1) is 11.3 Å². The number of benzene rings is 4. The second kappa shape index (κ2) is 11.3. The lowest BCUT2D eigenvalue weighted by atomic mass is 10.1. The Kier molecular flexibility index (Phi) is 8.15. The molecule has 0 heterocycles. The third-order valence-electron chi connectivity index (χ3n) is 5.13. The lowest BCUT2D eigenvalue weighted by molar-refractivity contribution is -0.112. The van der Waals surface area contributed by atoms with Crippen molar-refractivity contribution in [3.05, 3.63) is 108 Å². The van der Waals surface area contributed by atoms with Gasteiger partial charge >= 0.3 is 0 Å². The van der Waals surface area contributed by atoms with E-state index in [1.54, 1.807) is 24.3 Å². The second-order valence-corrected chi connectivity index (χ2v) is 10.0. The Morgan fingerprint density at radius 1 is 1.00 bits per heavy atom. The van der Waals surface area contributed by atoms with Crippen LogP contribution in [0.4, 0.5) is 5.69 Å². The van der Waals surface area contributed by atoms with Crippen LogP contribution in [0.25, 0.3) is 16.8 Å². The highest BCUT2D eigenvalue weighted by Crippen LogP contribution is 2.36. The summed E-state index contributed by atoms with van der Waals surface area (Å²) in [6, 6.07) is 24.4. The monoisotopic (exact) mass is 628 g/mol. The fraction of sp³-hybridized carbons (Fsp3) is 0.0370. The minimum absolute atomic E-state index is 0.0933. The third kappa shape index (κ3) is 6.06. The van der Waals surface area contributed by atoms with Crippen LogP contribution in [-0.2, 0) is 11.4 Å². The van der Waals surface area contributed by atoms with Crippen molar-refractivity contribution in [2.24, 2.45) is 0 Å². The highest BCUT2D eigenvalue weighted by atomic mass is 79.9. The van der Waals surface area contributed by atoms with Gasteiger partial charge in [0.1, 0.15) is 24.0 Å². The number of ether oxygens (including phenoxy) is 1. The van der Waals surface area contributed by atoms with Crippen LogP contribution in [0.3, 0.4) is 0 Å². The molecular weight excluding hydrogens is 615 g/mol.